The minimum Gasteiger partial charge on any atom is -0.343 e. The van der Waals surface area contributed by atoms with Gasteiger partial charge in [-0.15, -0.1) is 0 Å². The number of anilines is 1. The van der Waals surface area contributed by atoms with Crippen LogP contribution in [-0.2, 0) is 19.4 Å². The third-order valence-electron chi connectivity index (χ3n) is 4.72. The molecule has 1 saturated heterocycles. The van der Waals surface area contributed by atoms with Crippen LogP contribution in [-0.4, -0.2) is 43.3 Å². The van der Waals surface area contributed by atoms with Gasteiger partial charge in [0.15, 0.2) is 14.6 Å². The molecule has 6 nitrogen and oxygen atoms in total. The Morgan fingerprint density at radius 1 is 1.26 bits per heavy atom. The zero-order valence-electron chi connectivity index (χ0n) is 13.2. The minimum absolute atomic E-state index is 0.0522. The van der Waals surface area contributed by atoms with Crippen LogP contribution in [0.4, 0.5) is 5.69 Å². The van der Waals surface area contributed by atoms with E-state index in [9.17, 15) is 18.0 Å². The summed E-state index contributed by atoms with van der Waals surface area (Å²) >= 11 is 0. The van der Waals surface area contributed by atoms with E-state index in [1.54, 1.807) is 4.90 Å². The molecule has 2 atom stereocenters. The summed E-state index contributed by atoms with van der Waals surface area (Å²) in [5.41, 5.74) is 0.783. The van der Waals surface area contributed by atoms with E-state index in [4.69, 9.17) is 0 Å². The summed E-state index contributed by atoms with van der Waals surface area (Å²) in [6.07, 6.45) is 2.21. The summed E-state index contributed by atoms with van der Waals surface area (Å²) in [5.74, 6) is -0.734. The number of hydrogen-bond acceptors (Lipinski definition) is 4. The van der Waals surface area contributed by atoms with Gasteiger partial charge in [-0.3, -0.25) is 9.59 Å². The highest BCUT2D eigenvalue weighted by atomic mass is 32.2. The highest BCUT2D eigenvalue weighted by Gasteiger charge is 2.59. The van der Waals surface area contributed by atoms with Gasteiger partial charge in [0.05, 0.1) is 0 Å². The SMILES string of the molecule is CC1CC(NC(=O)C2(S(C)(=O)=O)CC2)C(=O)N1c1ccccc1. The molecule has 0 spiro atoms. The highest BCUT2D eigenvalue weighted by molar-refractivity contribution is 7.93. The number of carbonyl (C=O) groups is 2. The molecule has 0 bridgehead atoms. The van der Waals surface area contributed by atoms with Gasteiger partial charge in [0.2, 0.25) is 11.8 Å². The number of carbonyl (C=O) groups excluding carboxylic acids is 2. The van der Waals surface area contributed by atoms with Gasteiger partial charge in [0, 0.05) is 18.0 Å². The Labute approximate surface area is 135 Å². The van der Waals surface area contributed by atoms with E-state index in [0.29, 0.717) is 19.3 Å². The van der Waals surface area contributed by atoms with Crippen LogP contribution in [0.5, 0.6) is 0 Å². The molecule has 0 aromatic heterocycles. The van der Waals surface area contributed by atoms with Crippen LogP contribution < -0.4 is 10.2 Å². The van der Waals surface area contributed by atoms with Crippen molar-refractivity contribution in [1.29, 1.82) is 0 Å². The number of amides is 2. The molecule has 7 heteroatoms. The quantitative estimate of drug-likeness (QED) is 0.884. The molecular weight excluding hydrogens is 316 g/mol. The van der Waals surface area contributed by atoms with Crippen LogP contribution in [0.1, 0.15) is 26.2 Å². The Bertz CT molecular complexity index is 741. The molecule has 0 radical (unpaired) electrons. The first-order valence-electron chi connectivity index (χ1n) is 7.65. The summed E-state index contributed by atoms with van der Waals surface area (Å²) in [5, 5.41) is 2.66. The van der Waals surface area contributed by atoms with Crippen molar-refractivity contribution >= 4 is 27.3 Å². The standard InChI is InChI=1S/C16H20N2O4S/c1-11-10-13(14(19)18(11)12-6-4-3-5-7-12)17-15(20)16(8-9-16)23(2,21)22/h3-7,11,13H,8-10H2,1-2H3,(H,17,20). The van der Waals surface area contributed by atoms with E-state index in [2.05, 4.69) is 5.32 Å². The molecule has 124 valence electrons. The van der Waals surface area contributed by atoms with Gasteiger partial charge in [-0.25, -0.2) is 8.42 Å². The molecule has 1 saturated carbocycles. The fourth-order valence-corrected chi connectivity index (χ4v) is 4.43. The summed E-state index contributed by atoms with van der Waals surface area (Å²) in [4.78, 5) is 26.6. The molecule has 1 aliphatic carbocycles. The Kier molecular flexibility index (Phi) is 3.71. The van der Waals surface area contributed by atoms with E-state index in [0.717, 1.165) is 11.9 Å². The molecule has 2 fully saturated rings. The van der Waals surface area contributed by atoms with Crippen molar-refractivity contribution in [1.82, 2.24) is 5.32 Å². The second-order valence-corrected chi connectivity index (χ2v) is 8.75. The number of sulfone groups is 1. The van der Waals surface area contributed by atoms with Gasteiger partial charge >= 0.3 is 0 Å². The molecule has 1 aromatic rings. The first kappa shape index (κ1) is 16.0. The van der Waals surface area contributed by atoms with Gasteiger partial charge < -0.3 is 10.2 Å². The van der Waals surface area contributed by atoms with Crippen LogP contribution in [0.15, 0.2) is 30.3 Å². The van der Waals surface area contributed by atoms with Crippen molar-refractivity contribution in [2.45, 2.75) is 43.0 Å². The number of nitrogens with zero attached hydrogens (tertiary/aromatic N) is 1. The monoisotopic (exact) mass is 336 g/mol. The Balaban J connectivity index is 1.76. The number of hydrogen-bond donors (Lipinski definition) is 1. The van der Waals surface area contributed by atoms with Crippen LogP contribution in [0.3, 0.4) is 0 Å². The van der Waals surface area contributed by atoms with E-state index < -0.39 is 26.5 Å². The van der Waals surface area contributed by atoms with Gasteiger partial charge in [-0.2, -0.15) is 0 Å². The normalized spacial score (nSPS) is 26.2. The lowest BCUT2D eigenvalue weighted by atomic mass is 10.2. The topological polar surface area (TPSA) is 83.5 Å². The molecule has 23 heavy (non-hydrogen) atoms. The van der Waals surface area contributed by atoms with Crippen LogP contribution in [0.2, 0.25) is 0 Å². The van der Waals surface area contributed by atoms with Crippen molar-refractivity contribution in [3.05, 3.63) is 30.3 Å². The largest absolute Gasteiger partial charge is 0.343 e. The van der Waals surface area contributed by atoms with Crippen molar-refractivity contribution in [3.63, 3.8) is 0 Å². The van der Waals surface area contributed by atoms with Gasteiger partial charge in [-0.05, 0) is 38.3 Å². The van der Waals surface area contributed by atoms with Crippen LogP contribution >= 0.6 is 0 Å². The highest BCUT2D eigenvalue weighted by Crippen LogP contribution is 2.43. The molecule has 3 rings (SSSR count). The fourth-order valence-electron chi connectivity index (χ4n) is 3.19. The van der Waals surface area contributed by atoms with Crippen molar-refractivity contribution in [3.8, 4) is 0 Å². The first-order valence-corrected chi connectivity index (χ1v) is 9.54. The third kappa shape index (κ3) is 2.63. The summed E-state index contributed by atoms with van der Waals surface area (Å²) in [6, 6.07) is 8.54. The van der Waals surface area contributed by atoms with Crippen molar-refractivity contribution < 1.29 is 18.0 Å². The summed E-state index contributed by atoms with van der Waals surface area (Å²) < 4.78 is 22.3. The van der Waals surface area contributed by atoms with Crippen molar-refractivity contribution in [2.24, 2.45) is 0 Å². The number of nitrogens with one attached hydrogen (secondary N) is 1. The number of benzene rings is 1. The second kappa shape index (κ2) is 5.33. The summed E-state index contributed by atoms with van der Waals surface area (Å²) in [7, 11) is -3.47. The Morgan fingerprint density at radius 3 is 2.39 bits per heavy atom. The van der Waals surface area contributed by atoms with Gasteiger partial charge in [0.25, 0.3) is 0 Å². The molecule has 2 aliphatic rings. The van der Waals surface area contributed by atoms with Gasteiger partial charge in [-0.1, -0.05) is 18.2 Å². The zero-order valence-corrected chi connectivity index (χ0v) is 14.0. The average molecular weight is 336 g/mol. The zero-order chi connectivity index (χ0) is 16.8. The lowest BCUT2D eigenvalue weighted by Gasteiger charge is -2.21. The van der Waals surface area contributed by atoms with E-state index in [-0.39, 0.29) is 11.9 Å². The van der Waals surface area contributed by atoms with E-state index in [1.165, 1.54) is 0 Å². The first-order chi connectivity index (χ1) is 10.8. The van der Waals surface area contributed by atoms with Crippen LogP contribution in [0, 0.1) is 0 Å². The maximum Gasteiger partial charge on any atom is 0.249 e. The lowest BCUT2D eigenvalue weighted by Crippen LogP contribution is -2.49. The molecular formula is C16H20N2O4S. The summed E-state index contributed by atoms with van der Waals surface area (Å²) in [6.45, 7) is 1.92. The maximum absolute atomic E-state index is 12.6. The predicted octanol–water partition coefficient (Wildman–Crippen LogP) is 0.874. The lowest BCUT2D eigenvalue weighted by molar-refractivity contribution is -0.126. The maximum atomic E-state index is 12.6. The molecule has 2 unspecified atom stereocenters. The predicted molar refractivity (Wildman–Crippen MR) is 86.7 cm³/mol. The number of rotatable bonds is 4. The van der Waals surface area contributed by atoms with Gasteiger partial charge in [0.1, 0.15) is 6.04 Å². The molecule has 1 aliphatic heterocycles. The second-order valence-electron chi connectivity index (χ2n) is 6.42. The molecule has 1 N–H and O–H groups in total. The third-order valence-corrected chi connectivity index (χ3v) is 6.73. The van der Waals surface area contributed by atoms with E-state index >= 15 is 0 Å². The average Bonchev–Trinajstić information content (AvgIpc) is 3.24. The number of para-hydroxylation sites is 1. The molecule has 2 amide bonds. The molecule has 1 heterocycles. The smallest absolute Gasteiger partial charge is 0.249 e. The minimum atomic E-state index is -3.47. The van der Waals surface area contributed by atoms with Crippen molar-refractivity contribution in [2.75, 3.05) is 11.2 Å². The van der Waals surface area contributed by atoms with Crippen LogP contribution in [0.25, 0.3) is 0 Å². The Hall–Kier alpha value is -1.89. The molecule has 1 aromatic carbocycles. The van der Waals surface area contributed by atoms with E-state index in [1.807, 2.05) is 37.3 Å². The Morgan fingerprint density at radius 2 is 1.87 bits per heavy atom. The fraction of sp³-hybridized carbons (Fsp3) is 0.500.